The first-order chi connectivity index (χ1) is 6.90. The van der Waals surface area contributed by atoms with Crippen molar-refractivity contribution in [3.63, 3.8) is 0 Å². The Bertz CT molecular complexity index is 439. The molecule has 0 bridgehead atoms. The summed E-state index contributed by atoms with van der Waals surface area (Å²) in [5, 5.41) is 0. The van der Waals surface area contributed by atoms with Crippen molar-refractivity contribution in [3.05, 3.63) is 30.1 Å². The fraction of sp³-hybridized carbons (Fsp3) is 0.400. The molecule has 0 saturated heterocycles. The van der Waals surface area contributed by atoms with E-state index < -0.39 is 21.5 Å². The number of rotatable bonds is 4. The average molecular weight is 227 g/mol. The summed E-state index contributed by atoms with van der Waals surface area (Å²) in [6.07, 6.45) is 2.63. The second-order valence-corrected chi connectivity index (χ2v) is 5.65. The molecule has 1 heterocycles. The van der Waals surface area contributed by atoms with E-state index in [0.29, 0.717) is 5.69 Å². The van der Waals surface area contributed by atoms with Crippen molar-refractivity contribution >= 4 is 15.6 Å². The van der Waals surface area contributed by atoms with Crippen molar-refractivity contribution in [1.82, 2.24) is 4.98 Å². The number of aromatic nitrogens is 1. The maximum Gasteiger partial charge on any atom is 0.156 e. The second-order valence-electron chi connectivity index (χ2n) is 3.51. The van der Waals surface area contributed by atoms with E-state index in [-0.39, 0.29) is 5.78 Å². The first kappa shape index (κ1) is 11.8. The molecule has 0 N–H and O–H groups in total. The first-order valence-corrected chi connectivity index (χ1v) is 6.57. The number of carbonyl (C=O) groups is 1. The predicted molar refractivity (Wildman–Crippen MR) is 57.4 cm³/mol. The molecule has 1 atom stereocenters. The van der Waals surface area contributed by atoms with Crippen molar-refractivity contribution in [1.29, 1.82) is 0 Å². The highest BCUT2D eigenvalue weighted by atomic mass is 32.2. The molecule has 0 aliphatic heterocycles. The van der Waals surface area contributed by atoms with Gasteiger partial charge in [0, 0.05) is 12.5 Å². The highest BCUT2D eigenvalue weighted by Gasteiger charge is 2.20. The second kappa shape index (κ2) is 4.53. The normalized spacial score (nSPS) is 13.5. The molecule has 1 aromatic heterocycles. The van der Waals surface area contributed by atoms with Crippen molar-refractivity contribution in [2.75, 3.05) is 12.0 Å². The van der Waals surface area contributed by atoms with Gasteiger partial charge >= 0.3 is 0 Å². The van der Waals surface area contributed by atoms with Crippen LogP contribution in [0.4, 0.5) is 0 Å². The molecule has 0 saturated carbocycles. The Morgan fingerprint density at radius 1 is 1.47 bits per heavy atom. The van der Waals surface area contributed by atoms with Crippen molar-refractivity contribution in [2.45, 2.75) is 12.8 Å². The average Bonchev–Trinajstić information content (AvgIpc) is 2.15. The number of sulfone groups is 1. The standard InChI is InChI=1S/C10H13NO3S/c1-8(9-5-3-4-6-11-9)10(12)7-15(2,13)14/h3-6,8H,7H2,1-2H3. The third-order valence-electron chi connectivity index (χ3n) is 2.02. The van der Waals surface area contributed by atoms with E-state index >= 15 is 0 Å². The number of hydrogen-bond donors (Lipinski definition) is 0. The van der Waals surface area contributed by atoms with Crippen molar-refractivity contribution < 1.29 is 13.2 Å². The van der Waals surface area contributed by atoms with Crippen LogP contribution in [0.2, 0.25) is 0 Å². The van der Waals surface area contributed by atoms with E-state index in [1.165, 1.54) is 0 Å². The Labute approximate surface area is 89.3 Å². The summed E-state index contributed by atoms with van der Waals surface area (Å²) in [6.45, 7) is 1.66. The molecule has 0 aliphatic carbocycles. The molecule has 1 rings (SSSR count). The minimum atomic E-state index is -3.25. The van der Waals surface area contributed by atoms with Gasteiger partial charge in [-0.25, -0.2) is 8.42 Å². The molecular weight excluding hydrogens is 214 g/mol. The molecule has 1 aromatic rings. The van der Waals surface area contributed by atoms with Crippen LogP contribution in [-0.2, 0) is 14.6 Å². The molecular formula is C10H13NO3S. The van der Waals surface area contributed by atoms with Crippen LogP contribution in [0.15, 0.2) is 24.4 Å². The van der Waals surface area contributed by atoms with E-state index in [9.17, 15) is 13.2 Å². The third kappa shape index (κ3) is 3.79. The van der Waals surface area contributed by atoms with Gasteiger partial charge < -0.3 is 0 Å². The highest BCUT2D eigenvalue weighted by Crippen LogP contribution is 2.13. The molecule has 4 nitrogen and oxygen atoms in total. The summed E-state index contributed by atoms with van der Waals surface area (Å²) >= 11 is 0. The van der Waals surface area contributed by atoms with Gasteiger partial charge in [-0.05, 0) is 19.1 Å². The van der Waals surface area contributed by atoms with Crippen molar-refractivity contribution in [3.8, 4) is 0 Å². The highest BCUT2D eigenvalue weighted by molar-refractivity contribution is 7.91. The maximum absolute atomic E-state index is 11.5. The molecule has 0 aliphatic rings. The van der Waals surface area contributed by atoms with Gasteiger partial charge in [-0.3, -0.25) is 9.78 Å². The number of nitrogens with zero attached hydrogens (tertiary/aromatic N) is 1. The molecule has 0 radical (unpaired) electrons. The lowest BCUT2D eigenvalue weighted by atomic mass is 10.0. The van der Waals surface area contributed by atoms with Crippen LogP contribution in [0.3, 0.4) is 0 Å². The fourth-order valence-electron chi connectivity index (χ4n) is 1.18. The topological polar surface area (TPSA) is 64.1 Å². The van der Waals surface area contributed by atoms with Gasteiger partial charge in [0.05, 0.1) is 11.6 Å². The summed E-state index contributed by atoms with van der Waals surface area (Å²) in [5.74, 6) is -1.22. The lowest BCUT2D eigenvalue weighted by Gasteiger charge is -2.08. The SMILES string of the molecule is CC(C(=O)CS(C)(=O)=O)c1ccccn1. The number of pyridine rings is 1. The number of ketones is 1. The van der Waals surface area contributed by atoms with Crippen molar-refractivity contribution in [2.24, 2.45) is 0 Å². The van der Waals surface area contributed by atoms with Crippen LogP contribution >= 0.6 is 0 Å². The Balaban J connectivity index is 2.78. The first-order valence-electron chi connectivity index (χ1n) is 4.51. The minimum Gasteiger partial charge on any atom is -0.298 e. The lowest BCUT2D eigenvalue weighted by Crippen LogP contribution is -2.20. The molecule has 0 amide bonds. The van der Waals surface area contributed by atoms with Gasteiger partial charge in [-0.15, -0.1) is 0 Å². The van der Waals surface area contributed by atoms with Crippen LogP contribution in [0.5, 0.6) is 0 Å². The molecule has 0 fully saturated rings. The van der Waals surface area contributed by atoms with E-state index in [4.69, 9.17) is 0 Å². The van der Waals surface area contributed by atoms with E-state index in [2.05, 4.69) is 4.98 Å². The summed E-state index contributed by atoms with van der Waals surface area (Å²) in [5.41, 5.74) is 0.603. The van der Waals surface area contributed by atoms with Crippen LogP contribution in [0.25, 0.3) is 0 Å². The lowest BCUT2D eigenvalue weighted by molar-refractivity contribution is -0.117. The maximum atomic E-state index is 11.5. The van der Waals surface area contributed by atoms with Crippen LogP contribution in [-0.4, -0.2) is 31.2 Å². The summed E-state index contributed by atoms with van der Waals surface area (Å²) < 4.78 is 21.9. The summed E-state index contributed by atoms with van der Waals surface area (Å²) in [4.78, 5) is 15.6. The monoisotopic (exact) mass is 227 g/mol. The minimum absolute atomic E-state index is 0.323. The van der Waals surface area contributed by atoms with Gasteiger partial charge in [0.2, 0.25) is 0 Å². The van der Waals surface area contributed by atoms with Crippen LogP contribution in [0.1, 0.15) is 18.5 Å². The number of hydrogen-bond acceptors (Lipinski definition) is 4. The van der Waals surface area contributed by atoms with E-state index in [0.717, 1.165) is 6.26 Å². The smallest absolute Gasteiger partial charge is 0.156 e. The van der Waals surface area contributed by atoms with Gasteiger partial charge in [0.1, 0.15) is 5.75 Å². The number of Topliss-reactive ketones (excluding diaryl/α,β-unsaturated/α-hetero) is 1. The Hall–Kier alpha value is -1.23. The molecule has 5 heteroatoms. The molecule has 0 spiro atoms. The quantitative estimate of drug-likeness (QED) is 0.763. The summed E-state index contributed by atoms with van der Waals surface area (Å²) in [6, 6.07) is 5.23. The molecule has 1 unspecified atom stereocenters. The van der Waals surface area contributed by atoms with E-state index in [1.807, 2.05) is 0 Å². The largest absolute Gasteiger partial charge is 0.298 e. The zero-order valence-electron chi connectivity index (χ0n) is 8.67. The molecule has 0 aromatic carbocycles. The van der Waals surface area contributed by atoms with Gasteiger partial charge in [-0.2, -0.15) is 0 Å². The Morgan fingerprint density at radius 3 is 2.60 bits per heavy atom. The zero-order chi connectivity index (χ0) is 11.5. The van der Waals surface area contributed by atoms with E-state index in [1.54, 1.807) is 31.3 Å². The Kier molecular flexibility index (Phi) is 3.57. The third-order valence-corrected chi connectivity index (χ3v) is 2.83. The van der Waals surface area contributed by atoms with Gasteiger partial charge in [0.15, 0.2) is 15.6 Å². The zero-order valence-corrected chi connectivity index (χ0v) is 9.49. The van der Waals surface area contributed by atoms with Crippen LogP contribution < -0.4 is 0 Å². The van der Waals surface area contributed by atoms with Gasteiger partial charge in [-0.1, -0.05) is 6.07 Å². The Morgan fingerprint density at radius 2 is 2.13 bits per heavy atom. The fourth-order valence-corrected chi connectivity index (χ4v) is 1.95. The summed E-state index contributed by atoms with van der Waals surface area (Å²) in [7, 11) is -3.25. The van der Waals surface area contributed by atoms with Crippen LogP contribution in [0, 0.1) is 0 Å². The number of carbonyl (C=O) groups excluding carboxylic acids is 1. The molecule has 15 heavy (non-hydrogen) atoms. The molecule has 82 valence electrons. The van der Waals surface area contributed by atoms with Gasteiger partial charge in [0.25, 0.3) is 0 Å². The predicted octanol–water partition coefficient (Wildman–Crippen LogP) is 0.799.